The highest BCUT2D eigenvalue weighted by atomic mass is 19.1. The maximum atomic E-state index is 13.1. The van der Waals surface area contributed by atoms with Gasteiger partial charge in [-0.3, -0.25) is 4.79 Å². The summed E-state index contributed by atoms with van der Waals surface area (Å²) in [6.45, 7) is 0. The number of amides is 1. The standard InChI is InChI=1S/C24H18FN3O3/c25-16-11-9-15(10-12-16)24-27-22(31-28-24)14-13-21(29)26-23-17-5-1-3-7-19(17)30-20-8-4-2-6-18(20)23/h1-12,23H,13-14H2,(H,26,29). The number of hydrogen-bond acceptors (Lipinski definition) is 5. The molecule has 0 saturated carbocycles. The Morgan fingerprint density at radius 3 is 2.26 bits per heavy atom. The summed E-state index contributed by atoms with van der Waals surface area (Å²) in [5, 5.41) is 7.01. The van der Waals surface area contributed by atoms with Crippen LogP contribution in [0.15, 0.2) is 77.3 Å². The molecule has 7 heteroatoms. The number of para-hydroxylation sites is 2. The first-order chi connectivity index (χ1) is 15.2. The number of nitrogens with zero attached hydrogens (tertiary/aromatic N) is 2. The molecule has 0 unspecified atom stereocenters. The molecular weight excluding hydrogens is 397 g/mol. The SMILES string of the molecule is O=C(CCc1nc(-c2ccc(F)cc2)no1)NC1c2ccccc2Oc2ccccc21. The molecule has 2 heterocycles. The highest BCUT2D eigenvalue weighted by Gasteiger charge is 2.28. The van der Waals surface area contributed by atoms with E-state index in [1.165, 1.54) is 12.1 Å². The number of aromatic nitrogens is 2. The van der Waals surface area contributed by atoms with Gasteiger partial charge in [0, 0.05) is 29.5 Å². The third-order valence-corrected chi connectivity index (χ3v) is 5.12. The van der Waals surface area contributed by atoms with Crippen LogP contribution < -0.4 is 10.1 Å². The molecule has 0 fully saturated rings. The molecule has 0 radical (unpaired) electrons. The number of fused-ring (bicyclic) bond motifs is 2. The Morgan fingerprint density at radius 2 is 1.58 bits per heavy atom. The van der Waals surface area contributed by atoms with Gasteiger partial charge >= 0.3 is 0 Å². The molecule has 1 amide bonds. The zero-order chi connectivity index (χ0) is 21.2. The van der Waals surface area contributed by atoms with E-state index in [0.717, 1.165) is 22.6 Å². The van der Waals surface area contributed by atoms with Crippen molar-refractivity contribution < 1.29 is 18.4 Å². The van der Waals surface area contributed by atoms with Gasteiger partial charge < -0.3 is 14.6 Å². The zero-order valence-corrected chi connectivity index (χ0v) is 16.4. The van der Waals surface area contributed by atoms with Gasteiger partial charge in [0.2, 0.25) is 17.6 Å². The van der Waals surface area contributed by atoms with E-state index in [-0.39, 0.29) is 24.2 Å². The van der Waals surface area contributed by atoms with Crippen LogP contribution in [-0.4, -0.2) is 16.0 Å². The van der Waals surface area contributed by atoms with Crippen molar-refractivity contribution in [1.29, 1.82) is 0 Å². The number of aryl methyl sites for hydroxylation is 1. The van der Waals surface area contributed by atoms with E-state index in [2.05, 4.69) is 15.5 Å². The minimum atomic E-state index is -0.333. The molecule has 31 heavy (non-hydrogen) atoms. The molecule has 3 aromatic carbocycles. The number of rotatable bonds is 5. The monoisotopic (exact) mass is 415 g/mol. The molecule has 1 aliphatic rings. The fraction of sp³-hybridized carbons (Fsp3) is 0.125. The molecule has 5 rings (SSSR count). The van der Waals surface area contributed by atoms with Gasteiger partial charge in [-0.15, -0.1) is 0 Å². The Balaban J connectivity index is 1.28. The third-order valence-electron chi connectivity index (χ3n) is 5.12. The van der Waals surface area contributed by atoms with Gasteiger partial charge in [-0.25, -0.2) is 4.39 Å². The number of halogens is 1. The topological polar surface area (TPSA) is 77.2 Å². The summed E-state index contributed by atoms with van der Waals surface area (Å²) in [4.78, 5) is 17.0. The molecule has 1 N–H and O–H groups in total. The fourth-order valence-corrected chi connectivity index (χ4v) is 3.59. The third kappa shape index (κ3) is 3.90. The number of ether oxygens (including phenoxy) is 1. The van der Waals surface area contributed by atoms with Crippen molar-refractivity contribution in [2.24, 2.45) is 0 Å². The van der Waals surface area contributed by atoms with Crippen molar-refractivity contribution in [2.45, 2.75) is 18.9 Å². The van der Waals surface area contributed by atoms with Crippen molar-refractivity contribution >= 4 is 5.91 Å². The highest BCUT2D eigenvalue weighted by Crippen LogP contribution is 2.42. The quantitative estimate of drug-likeness (QED) is 0.506. The van der Waals surface area contributed by atoms with E-state index in [4.69, 9.17) is 9.26 Å². The Morgan fingerprint density at radius 1 is 0.935 bits per heavy atom. The van der Waals surface area contributed by atoms with Crippen LogP contribution in [0.5, 0.6) is 11.5 Å². The molecule has 0 spiro atoms. The van der Waals surface area contributed by atoms with Gasteiger partial charge in [0.25, 0.3) is 0 Å². The molecule has 154 valence electrons. The average molecular weight is 415 g/mol. The van der Waals surface area contributed by atoms with Gasteiger partial charge in [0.1, 0.15) is 17.3 Å². The predicted octanol–water partition coefficient (Wildman–Crippen LogP) is 4.82. The lowest BCUT2D eigenvalue weighted by Gasteiger charge is -2.28. The minimum absolute atomic E-state index is 0.141. The smallest absolute Gasteiger partial charge is 0.227 e. The van der Waals surface area contributed by atoms with E-state index in [1.807, 2.05) is 48.5 Å². The first-order valence-electron chi connectivity index (χ1n) is 9.91. The molecule has 0 bridgehead atoms. The number of hydrogen-bond donors (Lipinski definition) is 1. The highest BCUT2D eigenvalue weighted by molar-refractivity contribution is 5.78. The van der Waals surface area contributed by atoms with Gasteiger partial charge in [0.15, 0.2) is 0 Å². The van der Waals surface area contributed by atoms with Gasteiger partial charge in [-0.05, 0) is 36.4 Å². The Bertz CT molecular complexity index is 1190. The first-order valence-corrected chi connectivity index (χ1v) is 9.91. The number of carbonyl (C=O) groups is 1. The molecule has 0 aliphatic carbocycles. The van der Waals surface area contributed by atoms with E-state index in [0.29, 0.717) is 23.7 Å². The molecule has 6 nitrogen and oxygen atoms in total. The summed E-state index contributed by atoms with van der Waals surface area (Å²) in [7, 11) is 0. The Kier molecular flexibility index (Phi) is 4.92. The maximum Gasteiger partial charge on any atom is 0.227 e. The summed E-state index contributed by atoms with van der Waals surface area (Å²) in [5.74, 6) is 1.70. The Hall–Kier alpha value is -4.00. The number of benzene rings is 3. The molecule has 1 aromatic heterocycles. The first kappa shape index (κ1) is 19.0. The van der Waals surface area contributed by atoms with E-state index < -0.39 is 0 Å². The summed E-state index contributed by atoms with van der Waals surface area (Å²) < 4.78 is 24.3. The summed E-state index contributed by atoms with van der Waals surface area (Å²) in [6, 6.07) is 20.9. The van der Waals surface area contributed by atoms with Gasteiger partial charge in [0.05, 0.1) is 6.04 Å². The van der Waals surface area contributed by atoms with E-state index in [1.54, 1.807) is 12.1 Å². The van der Waals surface area contributed by atoms with E-state index in [9.17, 15) is 9.18 Å². The lowest BCUT2D eigenvalue weighted by atomic mass is 9.94. The van der Waals surface area contributed by atoms with Crippen LogP contribution in [-0.2, 0) is 11.2 Å². The maximum absolute atomic E-state index is 13.1. The van der Waals surface area contributed by atoms with Crippen LogP contribution in [0, 0.1) is 5.82 Å². The van der Waals surface area contributed by atoms with E-state index >= 15 is 0 Å². The fourth-order valence-electron chi connectivity index (χ4n) is 3.59. The molecule has 0 saturated heterocycles. The van der Waals surface area contributed by atoms with Gasteiger partial charge in [-0.1, -0.05) is 41.6 Å². The van der Waals surface area contributed by atoms with Crippen LogP contribution in [0.1, 0.15) is 29.5 Å². The predicted molar refractivity (Wildman–Crippen MR) is 111 cm³/mol. The second-order valence-corrected chi connectivity index (χ2v) is 7.20. The normalized spacial score (nSPS) is 12.5. The summed E-state index contributed by atoms with van der Waals surface area (Å²) >= 11 is 0. The van der Waals surface area contributed by atoms with Crippen LogP contribution in [0.2, 0.25) is 0 Å². The van der Waals surface area contributed by atoms with Crippen LogP contribution in [0.4, 0.5) is 4.39 Å². The van der Waals surface area contributed by atoms with Crippen LogP contribution >= 0.6 is 0 Å². The van der Waals surface area contributed by atoms with Gasteiger partial charge in [-0.2, -0.15) is 4.98 Å². The second-order valence-electron chi connectivity index (χ2n) is 7.20. The largest absolute Gasteiger partial charge is 0.457 e. The number of nitrogens with one attached hydrogen (secondary N) is 1. The van der Waals surface area contributed by atoms with Crippen molar-refractivity contribution in [1.82, 2.24) is 15.5 Å². The van der Waals surface area contributed by atoms with Crippen LogP contribution in [0.25, 0.3) is 11.4 Å². The van der Waals surface area contributed by atoms with Crippen molar-refractivity contribution in [3.63, 3.8) is 0 Å². The minimum Gasteiger partial charge on any atom is -0.457 e. The lowest BCUT2D eigenvalue weighted by molar-refractivity contribution is -0.121. The van der Waals surface area contributed by atoms with Crippen molar-refractivity contribution in [2.75, 3.05) is 0 Å². The lowest BCUT2D eigenvalue weighted by Crippen LogP contribution is -2.31. The zero-order valence-electron chi connectivity index (χ0n) is 16.4. The molecule has 0 atom stereocenters. The Labute approximate surface area is 177 Å². The van der Waals surface area contributed by atoms with Crippen molar-refractivity contribution in [3.05, 3.63) is 95.6 Å². The average Bonchev–Trinajstić information content (AvgIpc) is 3.27. The molecule has 4 aromatic rings. The van der Waals surface area contributed by atoms with Crippen molar-refractivity contribution in [3.8, 4) is 22.9 Å². The summed E-state index contributed by atoms with van der Waals surface area (Å²) in [6.07, 6.45) is 0.485. The summed E-state index contributed by atoms with van der Waals surface area (Å²) in [5.41, 5.74) is 2.47. The molecule has 1 aliphatic heterocycles. The van der Waals surface area contributed by atoms with Crippen LogP contribution in [0.3, 0.4) is 0 Å². The molecular formula is C24H18FN3O3. The number of carbonyl (C=O) groups excluding carboxylic acids is 1. The second kappa shape index (κ2) is 8.02.